The minimum absolute atomic E-state index is 0.393. The highest BCUT2D eigenvalue weighted by Gasteiger charge is 2.18. The van der Waals surface area contributed by atoms with Crippen molar-refractivity contribution in [2.45, 2.75) is 0 Å². The van der Waals surface area contributed by atoms with Crippen LogP contribution in [0.15, 0.2) is 42.5 Å². The van der Waals surface area contributed by atoms with Gasteiger partial charge in [0.15, 0.2) is 11.5 Å². The molecule has 2 heterocycles. The van der Waals surface area contributed by atoms with Crippen LogP contribution in [0.25, 0.3) is 27.9 Å². The Labute approximate surface area is 141 Å². The van der Waals surface area contributed by atoms with Gasteiger partial charge in [0, 0.05) is 16.0 Å². The van der Waals surface area contributed by atoms with Gasteiger partial charge in [-0.15, -0.1) is 10.2 Å². The lowest BCUT2D eigenvalue weighted by atomic mass is 10.2. The Morgan fingerprint density at radius 3 is 2.65 bits per heavy atom. The predicted molar refractivity (Wildman–Crippen MR) is 90.3 cm³/mol. The molecule has 0 N–H and O–H groups in total. The quantitative estimate of drug-likeness (QED) is 0.545. The molecule has 4 aromatic rings. The van der Waals surface area contributed by atoms with E-state index in [0.717, 1.165) is 10.9 Å². The van der Waals surface area contributed by atoms with E-state index in [2.05, 4.69) is 15.2 Å². The Bertz CT molecular complexity index is 1050. The lowest BCUT2D eigenvalue weighted by Crippen LogP contribution is -2.00. The first kappa shape index (κ1) is 14.2. The molecule has 0 fully saturated rings. The molecule has 4 rings (SSSR count). The summed E-state index contributed by atoms with van der Waals surface area (Å²) in [5.41, 5.74) is 2.16. The minimum Gasteiger partial charge on any atom is -0.468 e. The van der Waals surface area contributed by atoms with Gasteiger partial charge in [-0.05, 0) is 30.3 Å². The van der Waals surface area contributed by atoms with E-state index in [4.69, 9.17) is 27.9 Å². The number of para-hydroxylation sites is 1. The third-order valence-corrected chi connectivity index (χ3v) is 4.12. The average Bonchev–Trinajstić information content (AvgIpc) is 2.99. The Kier molecular flexibility index (Phi) is 3.32. The van der Waals surface area contributed by atoms with E-state index in [1.54, 1.807) is 29.7 Å². The lowest BCUT2D eigenvalue weighted by Gasteiger charge is -2.08. The average molecular weight is 345 g/mol. The zero-order valence-corrected chi connectivity index (χ0v) is 13.5. The standard InChI is InChI=1S/C16H10Cl2N4O/c1-23-16-19-13-5-3-2-4-11(13)15-21-20-14(22(15)16)10-7-6-9(17)8-12(10)18/h2-8H,1H3. The zero-order valence-electron chi connectivity index (χ0n) is 12.0. The van der Waals surface area contributed by atoms with Gasteiger partial charge in [-0.3, -0.25) is 0 Å². The van der Waals surface area contributed by atoms with E-state index in [-0.39, 0.29) is 0 Å². The van der Waals surface area contributed by atoms with Crippen LogP contribution in [-0.4, -0.2) is 26.7 Å². The molecule has 7 heteroatoms. The van der Waals surface area contributed by atoms with Gasteiger partial charge in [-0.2, -0.15) is 4.98 Å². The van der Waals surface area contributed by atoms with Crippen LogP contribution >= 0.6 is 23.2 Å². The molecule has 114 valence electrons. The number of hydrogen-bond acceptors (Lipinski definition) is 4. The molecule has 2 aromatic carbocycles. The van der Waals surface area contributed by atoms with Crippen molar-refractivity contribution in [2.24, 2.45) is 0 Å². The molecule has 5 nitrogen and oxygen atoms in total. The number of rotatable bonds is 2. The molecule has 0 spiro atoms. The monoisotopic (exact) mass is 344 g/mol. The molecule has 2 aromatic heterocycles. The normalized spacial score (nSPS) is 11.3. The highest BCUT2D eigenvalue weighted by Crippen LogP contribution is 2.32. The number of nitrogens with zero attached hydrogens (tertiary/aromatic N) is 4. The van der Waals surface area contributed by atoms with Gasteiger partial charge in [0.05, 0.1) is 17.6 Å². The molecular weight excluding hydrogens is 335 g/mol. The second kappa shape index (κ2) is 5.37. The van der Waals surface area contributed by atoms with Crippen molar-refractivity contribution in [3.63, 3.8) is 0 Å². The van der Waals surface area contributed by atoms with Gasteiger partial charge in [-0.25, -0.2) is 4.40 Å². The third-order valence-electron chi connectivity index (χ3n) is 3.57. The summed E-state index contributed by atoms with van der Waals surface area (Å²) in [4.78, 5) is 4.52. The molecule has 0 aliphatic heterocycles. The molecule has 0 radical (unpaired) electrons. The van der Waals surface area contributed by atoms with Gasteiger partial charge < -0.3 is 4.74 Å². The van der Waals surface area contributed by atoms with Gasteiger partial charge in [0.2, 0.25) is 0 Å². The minimum atomic E-state index is 0.393. The summed E-state index contributed by atoms with van der Waals surface area (Å²) in [6, 6.07) is 13.3. The van der Waals surface area contributed by atoms with Crippen molar-refractivity contribution in [1.29, 1.82) is 0 Å². The summed E-state index contributed by atoms with van der Waals surface area (Å²) in [7, 11) is 1.56. The van der Waals surface area contributed by atoms with Crippen molar-refractivity contribution in [3.8, 4) is 17.4 Å². The Morgan fingerprint density at radius 2 is 1.87 bits per heavy atom. The second-order valence-electron chi connectivity index (χ2n) is 4.92. The van der Waals surface area contributed by atoms with Gasteiger partial charge in [-0.1, -0.05) is 35.3 Å². The van der Waals surface area contributed by atoms with Crippen LogP contribution in [0.5, 0.6) is 6.01 Å². The highest BCUT2D eigenvalue weighted by molar-refractivity contribution is 6.36. The number of aromatic nitrogens is 4. The van der Waals surface area contributed by atoms with Crippen LogP contribution in [0.4, 0.5) is 0 Å². The van der Waals surface area contributed by atoms with Gasteiger partial charge in [0.1, 0.15) is 0 Å². The first-order valence-electron chi connectivity index (χ1n) is 6.82. The van der Waals surface area contributed by atoms with Crippen LogP contribution in [-0.2, 0) is 0 Å². The van der Waals surface area contributed by atoms with Crippen molar-refractivity contribution in [3.05, 3.63) is 52.5 Å². The summed E-state index contributed by atoms with van der Waals surface area (Å²) in [6.07, 6.45) is 0. The highest BCUT2D eigenvalue weighted by atomic mass is 35.5. The molecule has 0 saturated carbocycles. The number of halogens is 2. The molecule has 0 aliphatic rings. The fourth-order valence-corrected chi connectivity index (χ4v) is 3.03. The molecule has 0 atom stereocenters. The Hall–Kier alpha value is -2.37. The van der Waals surface area contributed by atoms with Gasteiger partial charge in [0.25, 0.3) is 0 Å². The molecule has 0 bridgehead atoms. The first-order valence-corrected chi connectivity index (χ1v) is 7.58. The van der Waals surface area contributed by atoms with Crippen LogP contribution in [0.2, 0.25) is 10.0 Å². The smallest absolute Gasteiger partial charge is 0.304 e. The molecule has 0 unspecified atom stereocenters. The van der Waals surface area contributed by atoms with E-state index in [1.807, 2.05) is 24.3 Å². The SMILES string of the molecule is COc1nc2ccccc2c2nnc(-c3ccc(Cl)cc3Cl)n12. The van der Waals surface area contributed by atoms with Crippen molar-refractivity contribution in [2.75, 3.05) is 7.11 Å². The Morgan fingerprint density at radius 1 is 1.04 bits per heavy atom. The second-order valence-corrected chi connectivity index (χ2v) is 5.77. The van der Waals surface area contributed by atoms with E-state index in [0.29, 0.717) is 33.1 Å². The maximum absolute atomic E-state index is 6.31. The molecular formula is C16H10Cl2N4O. The number of benzene rings is 2. The van der Waals surface area contributed by atoms with E-state index >= 15 is 0 Å². The zero-order chi connectivity index (χ0) is 16.0. The maximum atomic E-state index is 6.31. The van der Waals surface area contributed by atoms with Crippen LogP contribution in [0, 0.1) is 0 Å². The maximum Gasteiger partial charge on any atom is 0.304 e. The lowest BCUT2D eigenvalue weighted by molar-refractivity contribution is 0.376. The first-order chi connectivity index (χ1) is 11.2. The summed E-state index contributed by atoms with van der Waals surface area (Å²) in [6.45, 7) is 0. The predicted octanol–water partition coefficient (Wildman–Crippen LogP) is 4.26. The fraction of sp³-hybridized carbons (Fsp3) is 0.0625. The Balaban J connectivity index is 2.11. The van der Waals surface area contributed by atoms with E-state index in [9.17, 15) is 0 Å². The van der Waals surface area contributed by atoms with E-state index in [1.165, 1.54) is 0 Å². The summed E-state index contributed by atoms with van der Waals surface area (Å²) in [5.74, 6) is 0.553. The number of methoxy groups -OCH3 is 1. The molecule has 23 heavy (non-hydrogen) atoms. The van der Waals surface area contributed by atoms with Crippen molar-refractivity contribution < 1.29 is 4.74 Å². The van der Waals surface area contributed by atoms with Crippen LogP contribution in [0.3, 0.4) is 0 Å². The van der Waals surface area contributed by atoms with Crippen molar-refractivity contribution in [1.82, 2.24) is 19.6 Å². The largest absolute Gasteiger partial charge is 0.468 e. The summed E-state index contributed by atoms with van der Waals surface area (Å²) in [5, 5.41) is 10.5. The van der Waals surface area contributed by atoms with Gasteiger partial charge >= 0.3 is 6.01 Å². The molecule has 0 aliphatic carbocycles. The summed E-state index contributed by atoms with van der Waals surface area (Å²) < 4.78 is 7.17. The topological polar surface area (TPSA) is 52.3 Å². The van der Waals surface area contributed by atoms with Crippen molar-refractivity contribution >= 4 is 39.8 Å². The summed E-state index contributed by atoms with van der Waals surface area (Å²) >= 11 is 12.3. The number of hydrogen-bond donors (Lipinski definition) is 0. The number of ether oxygens (including phenoxy) is 1. The van der Waals surface area contributed by atoms with Crippen LogP contribution < -0.4 is 4.74 Å². The number of fused-ring (bicyclic) bond motifs is 3. The molecule has 0 saturated heterocycles. The van der Waals surface area contributed by atoms with E-state index < -0.39 is 0 Å². The third kappa shape index (κ3) is 2.20. The fourth-order valence-electron chi connectivity index (χ4n) is 2.54. The van der Waals surface area contributed by atoms with Crippen LogP contribution in [0.1, 0.15) is 0 Å². The molecule has 0 amide bonds.